The first kappa shape index (κ1) is 22.9. The maximum absolute atomic E-state index is 5.34. The summed E-state index contributed by atoms with van der Waals surface area (Å²) in [5.74, 6) is 8.21. The topological polar surface area (TPSA) is 0 Å². The van der Waals surface area contributed by atoms with Crippen molar-refractivity contribution in [2.45, 2.75) is 96.3 Å². The van der Waals surface area contributed by atoms with Gasteiger partial charge in [0.1, 0.15) is 0 Å². The second-order valence-corrected chi connectivity index (χ2v) is 7.45. The highest BCUT2D eigenvalue weighted by Gasteiger charge is 2.03. The molecular formula is C27H36. The zero-order chi connectivity index (χ0) is 19.6. The van der Waals surface area contributed by atoms with Gasteiger partial charge in [-0.3, -0.25) is 0 Å². The van der Waals surface area contributed by atoms with E-state index >= 15 is 0 Å². The number of benzene rings is 1. The van der Waals surface area contributed by atoms with Gasteiger partial charge in [0.25, 0.3) is 0 Å². The number of hydrogen-bond donors (Lipinski definition) is 0. The molecule has 0 aromatic heterocycles. The standard InChI is InChI=1S/C27H36/c1-4-7-10-13-16-19-25-22-26(20-17-14-11-8-5-2)24-27(23-25)21-18-15-12-9-6-3/h1-3,22-24H,7-21H2. The van der Waals surface area contributed by atoms with Crippen LogP contribution in [0.2, 0.25) is 0 Å². The molecule has 1 aromatic carbocycles. The van der Waals surface area contributed by atoms with Crippen LogP contribution in [0.5, 0.6) is 0 Å². The molecule has 1 aromatic rings. The molecule has 0 aliphatic carbocycles. The van der Waals surface area contributed by atoms with Gasteiger partial charge in [0.2, 0.25) is 0 Å². The normalized spacial score (nSPS) is 10.1. The summed E-state index contributed by atoms with van der Waals surface area (Å²) in [5.41, 5.74) is 4.49. The van der Waals surface area contributed by atoms with E-state index in [2.05, 4.69) is 36.0 Å². The van der Waals surface area contributed by atoms with E-state index in [1.807, 2.05) is 0 Å². The first-order valence-corrected chi connectivity index (χ1v) is 10.7. The van der Waals surface area contributed by atoms with Gasteiger partial charge in [0.05, 0.1) is 0 Å². The Bertz CT molecular complexity index is 527. The third kappa shape index (κ3) is 12.0. The molecule has 0 aliphatic rings. The third-order valence-electron chi connectivity index (χ3n) is 4.97. The summed E-state index contributed by atoms with van der Waals surface area (Å²) in [6, 6.07) is 7.26. The molecule has 0 fully saturated rings. The molecule has 0 aliphatic heterocycles. The molecule has 144 valence electrons. The fourth-order valence-electron chi connectivity index (χ4n) is 3.47. The molecule has 0 spiro atoms. The number of unbranched alkanes of at least 4 members (excludes halogenated alkanes) is 9. The Labute approximate surface area is 168 Å². The Morgan fingerprint density at radius 2 is 0.741 bits per heavy atom. The van der Waals surface area contributed by atoms with Gasteiger partial charge in [-0.15, -0.1) is 37.0 Å². The highest BCUT2D eigenvalue weighted by Crippen LogP contribution is 2.18. The van der Waals surface area contributed by atoms with E-state index in [-0.39, 0.29) is 0 Å². The van der Waals surface area contributed by atoms with Gasteiger partial charge in [-0.25, -0.2) is 0 Å². The van der Waals surface area contributed by atoms with Crippen molar-refractivity contribution in [1.29, 1.82) is 0 Å². The van der Waals surface area contributed by atoms with Gasteiger partial charge in [0, 0.05) is 19.3 Å². The van der Waals surface area contributed by atoms with E-state index in [9.17, 15) is 0 Å². The van der Waals surface area contributed by atoms with Crippen molar-refractivity contribution in [3.05, 3.63) is 34.9 Å². The van der Waals surface area contributed by atoms with Gasteiger partial charge in [-0.2, -0.15) is 0 Å². The van der Waals surface area contributed by atoms with Crippen molar-refractivity contribution in [2.75, 3.05) is 0 Å². The van der Waals surface area contributed by atoms with Gasteiger partial charge < -0.3 is 0 Å². The minimum Gasteiger partial charge on any atom is -0.120 e. The Morgan fingerprint density at radius 1 is 0.444 bits per heavy atom. The minimum absolute atomic E-state index is 0.903. The maximum atomic E-state index is 5.34. The minimum atomic E-state index is 0.903. The average molecular weight is 361 g/mol. The Balaban J connectivity index is 2.56. The molecule has 0 amide bonds. The summed E-state index contributed by atoms with van der Waals surface area (Å²) in [6.07, 6.45) is 33.0. The second kappa shape index (κ2) is 16.1. The molecule has 0 heterocycles. The van der Waals surface area contributed by atoms with Crippen LogP contribution in [-0.2, 0) is 19.3 Å². The molecule has 0 saturated carbocycles. The van der Waals surface area contributed by atoms with Crippen molar-refractivity contribution in [3.8, 4) is 37.0 Å². The zero-order valence-corrected chi connectivity index (χ0v) is 17.1. The van der Waals surface area contributed by atoms with E-state index in [1.165, 1.54) is 74.5 Å². The molecular weight excluding hydrogens is 324 g/mol. The summed E-state index contributed by atoms with van der Waals surface area (Å²) < 4.78 is 0. The van der Waals surface area contributed by atoms with E-state index in [1.54, 1.807) is 0 Å². The van der Waals surface area contributed by atoms with Crippen molar-refractivity contribution in [3.63, 3.8) is 0 Å². The van der Waals surface area contributed by atoms with E-state index < -0.39 is 0 Å². The van der Waals surface area contributed by atoms with Crippen LogP contribution in [0.15, 0.2) is 18.2 Å². The first-order chi connectivity index (χ1) is 13.3. The zero-order valence-electron chi connectivity index (χ0n) is 17.1. The number of rotatable bonds is 15. The maximum Gasteiger partial charge on any atom is 0.00860 e. The van der Waals surface area contributed by atoms with Crippen LogP contribution < -0.4 is 0 Å². The molecule has 1 rings (SSSR count). The SMILES string of the molecule is C#CCCCCCc1cc(CCCCCC#C)cc(CCCCCC#C)c1. The molecule has 0 nitrogen and oxygen atoms in total. The molecule has 0 heteroatoms. The van der Waals surface area contributed by atoms with Crippen molar-refractivity contribution >= 4 is 0 Å². The van der Waals surface area contributed by atoms with Gasteiger partial charge >= 0.3 is 0 Å². The molecule has 0 atom stereocenters. The summed E-state index contributed by atoms with van der Waals surface area (Å²) in [7, 11) is 0. The van der Waals surface area contributed by atoms with Gasteiger partial charge in [-0.05, 0) is 74.5 Å². The smallest absolute Gasteiger partial charge is 0.00860 e. The molecule has 0 bridgehead atoms. The molecule has 0 unspecified atom stereocenters. The summed E-state index contributed by atoms with van der Waals surface area (Å²) >= 11 is 0. The van der Waals surface area contributed by atoms with E-state index in [0.717, 1.165) is 38.5 Å². The first-order valence-electron chi connectivity index (χ1n) is 10.7. The van der Waals surface area contributed by atoms with Crippen molar-refractivity contribution in [2.24, 2.45) is 0 Å². The van der Waals surface area contributed by atoms with Gasteiger partial charge in [0.15, 0.2) is 0 Å². The third-order valence-corrected chi connectivity index (χ3v) is 4.97. The van der Waals surface area contributed by atoms with Crippen LogP contribution in [0, 0.1) is 37.0 Å². The summed E-state index contributed by atoms with van der Waals surface area (Å²) in [5, 5.41) is 0. The number of aryl methyl sites for hydroxylation is 3. The lowest BCUT2D eigenvalue weighted by Gasteiger charge is -2.10. The van der Waals surface area contributed by atoms with Crippen LogP contribution in [0.3, 0.4) is 0 Å². The molecule has 0 radical (unpaired) electrons. The monoisotopic (exact) mass is 360 g/mol. The highest BCUT2D eigenvalue weighted by atomic mass is 14.1. The Morgan fingerprint density at radius 3 is 1.00 bits per heavy atom. The quantitative estimate of drug-likeness (QED) is 0.236. The number of hydrogen-bond acceptors (Lipinski definition) is 0. The molecule has 27 heavy (non-hydrogen) atoms. The van der Waals surface area contributed by atoms with Crippen LogP contribution in [0.1, 0.15) is 93.7 Å². The average Bonchev–Trinajstić information content (AvgIpc) is 2.67. The largest absolute Gasteiger partial charge is 0.120 e. The predicted molar refractivity (Wildman–Crippen MR) is 119 cm³/mol. The summed E-state index contributed by atoms with van der Waals surface area (Å²) in [6.45, 7) is 0. The molecule has 0 saturated heterocycles. The Kier molecular flexibility index (Phi) is 13.7. The Hall–Kier alpha value is -2.10. The lowest BCUT2D eigenvalue weighted by atomic mass is 9.95. The van der Waals surface area contributed by atoms with E-state index in [0.29, 0.717) is 0 Å². The fraction of sp³-hybridized carbons (Fsp3) is 0.556. The van der Waals surface area contributed by atoms with Crippen molar-refractivity contribution in [1.82, 2.24) is 0 Å². The number of terminal acetylenes is 3. The predicted octanol–water partition coefficient (Wildman–Crippen LogP) is 6.89. The molecule has 0 N–H and O–H groups in total. The van der Waals surface area contributed by atoms with Gasteiger partial charge in [-0.1, -0.05) is 37.5 Å². The van der Waals surface area contributed by atoms with Crippen LogP contribution in [-0.4, -0.2) is 0 Å². The highest BCUT2D eigenvalue weighted by molar-refractivity contribution is 5.30. The lowest BCUT2D eigenvalue weighted by molar-refractivity contribution is 0.678. The van der Waals surface area contributed by atoms with Crippen LogP contribution in [0.4, 0.5) is 0 Å². The van der Waals surface area contributed by atoms with Crippen LogP contribution >= 0.6 is 0 Å². The lowest BCUT2D eigenvalue weighted by Crippen LogP contribution is -1.96. The van der Waals surface area contributed by atoms with Crippen LogP contribution in [0.25, 0.3) is 0 Å². The van der Waals surface area contributed by atoms with E-state index in [4.69, 9.17) is 19.3 Å². The fourth-order valence-corrected chi connectivity index (χ4v) is 3.47. The second-order valence-electron chi connectivity index (χ2n) is 7.45. The van der Waals surface area contributed by atoms with Crippen molar-refractivity contribution < 1.29 is 0 Å². The summed E-state index contributed by atoms with van der Waals surface area (Å²) in [4.78, 5) is 0.